The zero-order chi connectivity index (χ0) is 20.7. The van der Waals surface area contributed by atoms with E-state index in [1.807, 2.05) is 57.2 Å². The van der Waals surface area contributed by atoms with Crippen molar-refractivity contribution in [3.05, 3.63) is 58.1 Å². The zero-order valence-electron chi connectivity index (χ0n) is 16.2. The lowest BCUT2D eigenvalue weighted by molar-refractivity contribution is -0.140. The van der Waals surface area contributed by atoms with E-state index in [0.717, 1.165) is 15.6 Å². The Hall–Kier alpha value is -2.38. The number of nitrogens with one attached hydrogen (secondary N) is 2. The van der Waals surface area contributed by atoms with E-state index in [2.05, 4.69) is 26.6 Å². The molecule has 2 rings (SSSR count). The van der Waals surface area contributed by atoms with Crippen molar-refractivity contribution in [2.24, 2.45) is 5.92 Å². The number of ether oxygens (including phenoxy) is 1. The molecule has 7 heteroatoms. The molecule has 0 spiro atoms. The second-order valence-electron chi connectivity index (χ2n) is 6.90. The van der Waals surface area contributed by atoms with Gasteiger partial charge in [0.2, 0.25) is 0 Å². The summed E-state index contributed by atoms with van der Waals surface area (Å²) in [5, 5.41) is 15.1. The SMILES string of the molecule is Cc1ccc(NC(=O)COc2ccc(Br)cc2CNC(C(=O)O)C(C)C)cc1. The van der Waals surface area contributed by atoms with Gasteiger partial charge in [0.05, 0.1) is 0 Å². The minimum absolute atomic E-state index is 0.0608. The molecule has 6 nitrogen and oxygen atoms in total. The molecule has 1 atom stereocenters. The number of benzene rings is 2. The van der Waals surface area contributed by atoms with Crippen LogP contribution in [0.25, 0.3) is 0 Å². The summed E-state index contributed by atoms with van der Waals surface area (Å²) in [7, 11) is 0. The maximum atomic E-state index is 12.2. The number of carbonyl (C=O) groups excluding carboxylic acids is 1. The molecule has 0 bridgehead atoms. The highest BCUT2D eigenvalue weighted by Crippen LogP contribution is 2.24. The number of carboxylic acids is 1. The summed E-state index contributed by atoms with van der Waals surface area (Å²) < 4.78 is 6.53. The van der Waals surface area contributed by atoms with Crippen molar-refractivity contribution in [3.8, 4) is 5.75 Å². The third kappa shape index (κ3) is 6.65. The molecule has 0 aliphatic carbocycles. The van der Waals surface area contributed by atoms with Crippen LogP contribution in [0.15, 0.2) is 46.9 Å². The number of halogens is 1. The highest BCUT2D eigenvalue weighted by atomic mass is 79.9. The number of aliphatic carboxylic acids is 1. The fraction of sp³-hybridized carbons (Fsp3) is 0.333. The van der Waals surface area contributed by atoms with Crippen LogP contribution in [0.5, 0.6) is 5.75 Å². The zero-order valence-corrected chi connectivity index (χ0v) is 17.7. The van der Waals surface area contributed by atoms with Crippen molar-refractivity contribution in [2.75, 3.05) is 11.9 Å². The molecule has 1 amide bonds. The minimum Gasteiger partial charge on any atom is -0.483 e. The van der Waals surface area contributed by atoms with Gasteiger partial charge in [-0.15, -0.1) is 0 Å². The maximum absolute atomic E-state index is 12.2. The van der Waals surface area contributed by atoms with E-state index in [9.17, 15) is 14.7 Å². The van der Waals surface area contributed by atoms with Gasteiger partial charge in [0.1, 0.15) is 11.8 Å². The number of amides is 1. The van der Waals surface area contributed by atoms with Crippen molar-refractivity contribution in [2.45, 2.75) is 33.4 Å². The largest absolute Gasteiger partial charge is 0.483 e. The Morgan fingerprint density at radius 3 is 2.43 bits per heavy atom. The standard InChI is InChI=1S/C21H25BrN2O4/c1-13(2)20(21(26)27)23-11-15-10-16(22)6-9-18(15)28-12-19(25)24-17-7-4-14(3)5-8-17/h4-10,13,20,23H,11-12H2,1-3H3,(H,24,25)(H,26,27). The number of anilines is 1. The first-order chi connectivity index (χ1) is 13.3. The lowest BCUT2D eigenvalue weighted by atomic mass is 10.0. The molecule has 0 aliphatic heterocycles. The number of hydrogen-bond donors (Lipinski definition) is 3. The average Bonchev–Trinajstić information content (AvgIpc) is 2.62. The molecular weight excluding hydrogens is 424 g/mol. The van der Waals surface area contributed by atoms with Gasteiger partial charge in [-0.05, 0) is 43.2 Å². The van der Waals surface area contributed by atoms with Gasteiger partial charge in [0, 0.05) is 22.3 Å². The molecule has 2 aromatic rings. The van der Waals surface area contributed by atoms with Crippen molar-refractivity contribution in [1.29, 1.82) is 0 Å². The lowest BCUT2D eigenvalue weighted by Crippen LogP contribution is -2.40. The Bertz CT molecular complexity index is 822. The van der Waals surface area contributed by atoms with E-state index < -0.39 is 12.0 Å². The molecule has 1 unspecified atom stereocenters. The van der Waals surface area contributed by atoms with Crippen LogP contribution in [0.1, 0.15) is 25.0 Å². The van der Waals surface area contributed by atoms with Gasteiger partial charge in [-0.1, -0.05) is 47.5 Å². The van der Waals surface area contributed by atoms with Crippen LogP contribution in [0.3, 0.4) is 0 Å². The predicted molar refractivity (Wildman–Crippen MR) is 113 cm³/mol. The number of carbonyl (C=O) groups is 2. The highest BCUT2D eigenvalue weighted by Gasteiger charge is 2.21. The molecule has 150 valence electrons. The monoisotopic (exact) mass is 448 g/mol. The summed E-state index contributed by atoms with van der Waals surface area (Å²) in [5.41, 5.74) is 2.59. The highest BCUT2D eigenvalue weighted by molar-refractivity contribution is 9.10. The van der Waals surface area contributed by atoms with Crippen LogP contribution in [0.2, 0.25) is 0 Å². The number of carboxylic acid groups (broad SMARTS) is 1. The van der Waals surface area contributed by atoms with Crippen LogP contribution in [-0.4, -0.2) is 29.6 Å². The van der Waals surface area contributed by atoms with E-state index in [1.54, 1.807) is 6.07 Å². The van der Waals surface area contributed by atoms with Crippen LogP contribution >= 0.6 is 15.9 Å². The summed E-state index contributed by atoms with van der Waals surface area (Å²) in [6.07, 6.45) is 0. The van der Waals surface area contributed by atoms with Crippen LogP contribution in [0, 0.1) is 12.8 Å². The van der Waals surface area contributed by atoms with E-state index in [-0.39, 0.29) is 18.4 Å². The van der Waals surface area contributed by atoms with Gasteiger partial charge in [-0.2, -0.15) is 0 Å². The number of hydrogen-bond acceptors (Lipinski definition) is 4. The van der Waals surface area contributed by atoms with Crippen molar-refractivity contribution < 1.29 is 19.4 Å². The molecule has 0 saturated heterocycles. The lowest BCUT2D eigenvalue weighted by Gasteiger charge is -2.19. The second kappa shape index (κ2) is 10.2. The van der Waals surface area contributed by atoms with Crippen molar-refractivity contribution in [3.63, 3.8) is 0 Å². The predicted octanol–water partition coefficient (Wildman–Crippen LogP) is 3.97. The first-order valence-electron chi connectivity index (χ1n) is 9.00. The van der Waals surface area contributed by atoms with E-state index in [4.69, 9.17) is 4.74 Å². The number of aryl methyl sites for hydroxylation is 1. The molecular formula is C21H25BrN2O4. The van der Waals surface area contributed by atoms with Crippen LogP contribution in [0.4, 0.5) is 5.69 Å². The smallest absolute Gasteiger partial charge is 0.320 e. The Morgan fingerprint density at radius 2 is 1.82 bits per heavy atom. The third-order valence-electron chi connectivity index (χ3n) is 4.16. The van der Waals surface area contributed by atoms with Crippen LogP contribution < -0.4 is 15.4 Å². The Labute approximate surface area is 173 Å². The normalized spacial score (nSPS) is 11.9. The molecule has 0 heterocycles. The van der Waals surface area contributed by atoms with Crippen molar-refractivity contribution >= 4 is 33.5 Å². The van der Waals surface area contributed by atoms with Crippen LogP contribution in [-0.2, 0) is 16.1 Å². The van der Waals surface area contributed by atoms with Gasteiger partial charge in [-0.25, -0.2) is 0 Å². The van der Waals surface area contributed by atoms with Crippen molar-refractivity contribution in [1.82, 2.24) is 5.32 Å². The third-order valence-corrected chi connectivity index (χ3v) is 4.66. The Kier molecular flexibility index (Phi) is 8.02. The summed E-state index contributed by atoms with van der Waals surface area (Å²) in [6.45, 7) is 5.84. The molecule has 3 N–H and O–H groups in total. The summed E-state index contributed by atoms with van der Waals surface area (Å²) in [5.74, 6) is -0.696. The van der Waals surface area contributed by atoms with Gasteiger partial charge >= 0.3 is 5.97 Å². The first kappa shape index (κ1) is 21.9. The Balaban J connectivity index is 2.00. The molecule has 0 aromatic heterocycles. The quantitative estimate of drug-likeness (QED) is 0.539. The Morgan fingerprint density at radius 1 is 1.14 bits per heavy atom. The number of rotatable bonds is 9. The summed E-state index contributed by atoms with van der Waals surface area (Å²) in [6, 6.07) is 12.3. The molecule has 0 radical (unpaired) electrons. The topological polar surface area (TPSA) is 87.7 Å². The molecule has 2 aromatic carbocycles. The van der Waals surface area contributed by atoms with Gasteiger partial charge in [-0.3, -0.25) is 14.9 Å². The minimum atomic E-state index is -0.898. The van der Waals surface area contributed by atoms with Gasteiger partial charge in [0.25, 0.3) is 5.91 Å². The maximum Gasteiger partial charge on any atom is 0.320 e. The fourth-order valence-electron chi connectivity index (χ4n) is 2.63. The summed E-state index contributed by atoms with van der Waals surface area (Å²) in [4.78, 5) is 23.5. The van der Waals surface area contributed by atoms with E-state index in [1.165, 1.54) is 0 Å². The first-order valence-corrected chi connectivity index (χ1v) is 9.79. The van der Waals surface area contributed by atoms with E-state index in [0.29, 0.717) is 18.0 Å². The average molecular weight is 449 g/mol. The van der Waals surface area contributed by atoms with Gasteiger partial charge < -0.3 is 15.2 Å². The molecule has 28 heavy (non-hydrogen) atoms. The fourth-order valence-corrected chi connectivity index (χ4v) is 3.04. The molecule has 0 aliphatic rings. The van der Waals surface area contributed by atoms with Gasteiger partial charge in [0.15, 0.2) is 6.61 Å². The summed E-state index contributed by atoms with van der Waals surface area (Å²) >= 11 is 3.41. The second-order valence-corrected chi connectivity index (χ2v) is 7.81. The molecule has 0 saturated carbocycles. The molecule has 0 fully saturated rings. The van der Waals surface area contributed by atoms with E-state index >= 15 is 0 Å².